The molecule has 0 aliphatic heterocycles. The van der Waals surface area contributed by atoms with Gasteiger partial charge < -0.3 is 9.47 Å². The molecular weight excluding hydrogens is 342 g/mol. The van der Waals surface area contributed by atoms with Crippen molar-refractivity contribution < 1.29 is 27.4 Å². The molecular formula is C8H5F3INO3. The number of aromatic nitrogens is 1. The molecule has 0 aromatic carbocycles. The molecule has 4 nitrogen and oxygen atoms in total. The van der Waals surface area contributed by atoms with E-state index in [1.165, 1.54) is 6.20 Å². The second kappa shape index (κ2) is 4.85. The second-order valence-corrected chi connectivity index (χ2v) is 3.69. The van der Waals surface area contributed by atoms with Crippen LogP contribution in [0, 0.1) is 3.57 Å². The fourth-order valence-electron chi connectivity index (χ4n) is 0.937. The van der Waals surface area contributed by atoms with Crippen LogP contribution in [-0.2, 0) is 0 Å². The van der Waals surface area contributed by atoms with E-state index in [0.29, 0.717) is 0 Å². The van der Waals surface area contributed by atoms with Crippen molar-refractivity contribution in [1.82, 2.24) is 4.98 Å². The average molecular weight is 347 g/mol. The number of halogens is 4. The molecule has 1 aromatic rings. The molecule has 0 spiro atoms. The molecule has 0 bridgehead atoms. The number of alkyl halides is 3. The number of aldehydes is 1. The Balaban J connectivity index is 3.31. The third-order valence-electron chi connectivity index (χ3n) is 1.52. The van der Waals surface area contributed by atoms with E-state index in [9.17, 15) is 18.0 Å². The third-order valence-corrected chi connectivity index (χ3v) is 2.38. The first-order chi connectivity index (χ1) is 7.39. The van der Waals surface area contributed by atoms with Crippen molar-refractivity contribution in [2.75, 3.05) is 7.11 Å². The van der Waals surface area contributed by atoms with E-state index in [1.54, 1.807) is 22.6 Å². The molecule has 0 amide bonds. The summed E-state index contributed by atoms with van der Waals surface area (Å²) in [5.41, 5.74) is -0.246. The van der Waals surface area contributed by atoms with Crippen molar-refractivity contribution in [2.45, 2.75) is 6.36 Å². The fraction of sp³-hybridized carbons (Fsp3) is 0.250. The van der Waals surface area contributed by atoms with Gasteiger partial charge in [0.2, 0.25) is 5.75 Å². The van der Waals surface area contributed by atoms with Crippen molar-refractivity contribution in [2.24, 2.45) is 0 Å². The average Bonchev–Trinajstić information content (AvgIpc) is 2.16. The molecule has 0 aliphatic rings. The first-order valence-corrected chi connectivity index (χ1v) is 4.90. The van der Waals surface area contributed by atoms with Crippen molar-refractivity contribution >= 4 is 28.9 Å². The molecule has 88 valence electrons. The minimum absolute atomic E-state index is 0.243. The Hall–Kier alpha value is -1.06. The highest BCUT2D eigenvalue weighted by atomic mass is 127. The number of ether oxygens (including phenoxy) is 2. The van der Waals surface area contributed by atoms with E-state index in [2.05, 4.69) is 14.5 Å². The van der Waals surface area contributed by atoms with Crippen molar-refractivity contribution in [3.63, 3.8) is 0 Å². The van der Waals surface area contributed by atoms with Crippen molar-refractivity contribution in [3.8, 4) is 11.6 Å². The number of pyridine rings is 1. The van der Waals surface area contributed by atoms with Gasteiger partial charge in [-0.1, -0.05) is 0 Å². The normalized spacial score (nSPS) is 11.1. The molecule has 1 heterocycles. The predicted molar refractivity (Wildman–Crippen MR) is 55.6 cm³/mol. The number of rotatable bonds is 3. The topological polar surface area (TPSA) is 48.4 Å². The van der Waals surface area contributed by atoms with Crippen molar-refractivity contribution in [3.05, 3.63) is 15.3 Å². The first-order valence-electron chi connectivity index (χ1n) is 3.82. The summed E-state index contributed by atoms with van der Waals surface area (Å²) in [6.07, 6.45) is -3.43. The smallest absolute Gasteiger partial charge is 0.478 e. The fourth-order valence-corrected chi connectivity index (χ4v) is 1.45. The van der Waals surface area contributed by atoms with Gasteiger partial charge in [-0.25, -0.2) is 4.98 Å². The zero-order valence-corrected chi connectivity index (χ0v) is 10.00. The van der Waals surface area contributed by atoms with Gasteiger partial charge in [0, 0.05) is 9.77 Å². The molecule has 0 fully saturated rings. The molecule has 0 N–H and O–H groups in total. The monoisotopic (exact) mass is 347 g/mol. The Bertz CT molecular complexity index is 408. The highest BCUT2D eigenvalue weighted by Gasteiger charge is 2.34. The number of carbonyl (C=O) groups excluding carboxylic acids is 1. The lowest BCUT2D eigenvalue weighted by molar-refractivity contribution is -0.275. The minimum atomic E-state index is -4.91. The molecule has 8 heteroatoms. The van der Waals surface area contributed by atoms with Crippen LogP contribution in [0.3, 0.4) is 0 Å². The Labute approximate surface area is 102 Å². The van der Waals surface area contributed by atoms with E-state index < -0.39 is 12.1 Å². The summed E-state index contributed by atoms with van der Waals surface area (Å²) in [5, 5.41) is 0. The van der Waals surface area contributed by atoms with Gasteiger partial charge in [-0.2, -0.15) is 0 Å². The lowest BCUT2D eigenvalue weighted by Crippen LogP contribution is -2.19. The van der Waals surface area contributed by atoms with Crippen LogP contribution in [0.2, 0.25) is 0 Å². The first kappa shape index (κ1) is 13.0. The van der Waals surface area contributed by atoms with Crippen LogP contribution < -0.4 is 9.47 Å². The maximum absolute atomic E-state index is 12.1. The number of hydrogen-bond donors (Lipinski definition) is 0. The summed E-state index contributed by atoms with van der Waals surface area (Å²) < 4.78 is 44.8. The standard InChI is InChI=1S/C8H5F3INO3/c1-15-7-6(16-8(9,10)11)4(3-14)5(12)2-13-7/h2-3H,1H3. The minimum Gasteiger partial charge on any atom is -0.478 e. The lowest BCUT2D eigenvalue weighted by Gasteiger charge is -2.13. The molecule has 16 heavy (non-hydrogen) atoms. The van der Waals surface area contributed by atoms with E-state index in [1.807, 2.05) is 0 Å². The molecule has 0 saturated heterocycles. The Morgan fingerprint density at radius 1 is 1.50 bits per heavy atom. The van der Waals surface area contributed by atoms with Gasteiger partial charge in [-0.05, 0) is 22.6 Å². The molecule has 0 unspecified atom stereocenters. The predicted octanol–water partition coefficient (Wildman–Crippen LogP) is 2.41. The maximum atomic E-state index is 12.1. The zero-order chi connectivity index (χ0) is 12.3. The number of hydrogen-bond acceptors (Lipinski definition) is 4. The summed E-state index contributed by atoms with van der Waals surface area (Å²) in [6.45, 7) is 0. The van der Waals surface area contributed by atoms with Crippen LogP contribution in [0.1, 0.15) is 10.4 Å². The summed E-state index contributed by atoms with van der Waals surface area (Å²) in [6, 6.07) is 0. The second-order valence-electron chi connectivity index (χ2n) is 2.52. The van der Waals surface area contributed by atoms with E-state index >= 15 is 0 Å². The SMILES string of the molecule is COc1ncc(I)c(C=O)c1OC(F)(F)F. The number of carbonyl (C=O) groups is 1. The Kier molecular flexibility index (Phi) is 3.94. The molecule has 1 rings (SSSR count). The van der Waals surface area contributed by atoms with E-state index in [-0.39, 0.29) is 21.3 Å². The van der Waals surface area contributed by atoms with Gasteiger partial charge in [0.25, 0.3) is 5.88 Å². The van der Waals surface area contributed by atoms with Gasteiger partial charge in [0.15, 0.2) is 6.29 Å². The molecule has 1 aromatic heterocycles. The summed E-state index contributed by atoms with van der Waals surface area (Å²) in [4.78, 5) is 14.2. The Morgan fingerprint density at radius 3 is 2.56 bits per heavy atom. The van der Waals surface area contributed by atoms with Crippen molar-refractivity contribution in [1.29, 1.82) is 0 Å². The van der Waals surface area contributed by atoms with Gasteiger partial charge in [-0.15, -0.1) is 13.2 Å². The molecule has 0 saturated carbocycles. The summed E-state index contributed by atoms with van der Waals surface area (Å²) >= 11 is 1.67. The van der Waals surface area contributed by atoms with Crippen LogP contribution in [0.15, 0.2) is 6.20 Å². The van der Waals surface area contributed by atoms with Gasteiger partial charge >= 0.3 is 6.36 Å². The zero-order valence-electron chi connectivity index (χ0n) is 7.84. The lowest BCUT2D eigenvalue weighted by atomic mass is 10.2. The van der Waals surface area contributed by atoms with Crippen LogP contribution in [0.4, 0.5) is 13.2 Å². The van der Waals surface area contributed by atoms with Crippen LogP contribution in [0.5, 0.6) is 11.6 Å². The Morgan fingerprint density at radius 2 is 2.12 bits per heavy atom. The third kappa shape index (κ3) is 2.97. The maximum Gasteiger partial charge on any atom is 0.573 e. The summed E-state index contributed by atoms with van der Waals surface area (Å²) in [7, 11) is 1.13. The van der Waals surface area contributed by atoms with Gasteiger partial charge in [0.05, 0.1) is 12.7 Å². The molecule has 0 aliphatic carbocycles. The molecule has 0 atom stereocenters. The highest BCUT2D eigenvalue weighted by Crippen LogP contribution is 2.34. The highest BCUT2D eigenvalue weighted by molar-refractivity contribution is 14.1. The summed E-state index contributed by atoms with van der Waals surface area (Å²) in [5.74, 6) is -1.11. The van der Waals surface area contributed by atoms with Crippen LogP contribution in [-0.4, -0.2) is 24.7 Å². The van der Waals surface area contributed by atoms with Gasteiger partial charge in [-0.3, -0.25) is 4.79 Å². The van der Waals surface area contributed by atoms with Crippen LogP contribution >= 0.6 is 22.6 Å². The quantitative estimate of drug-likeness (QED) is 0.623. The van der Waals surface area contributed by atoms with E-state index in [4.69, 9.17) is 0 Å². The van der Waals surface area contributed by atoms with Crippen LogP contribution in [0.25, 0.3) is 0 Å². The van der Waals surface area contributed by atoms with Gasteiger partial charge in [0.1, 0.15) is 0 Å². The molecule has 0 radical (unpaired) electrons. The number of nitrogens with zero attached hydrogens (tertiary/aromatic N) is 1. The van der Waals surface area contributed by atoms with E-state index in [0.717, 1.165) is 7.11 Å². The largest absolute Gasteiger partial charge is 0.573 e. The number of methoxy groups -OCH3 is 1.